The molecule has 1 aromatic heterocycles. The average Bonchev–Trinajstić information content (AvgIpc) is 2.97. The number of aryl methyl sites for hydroxylation is 1. The summed E-state index contributed by atoms with van der Waals surface area (Å²) in [6.07, 6.45) is 4.02. The molecule has 0 radical (unpaired) electrons. The number of nitrogens with zero attached hydrogens (tertiary/aromatic N) is 3. The summed E-state index contributed by atoms with van der Waals surface area (Å²) in [7, 11) is 0. The first-order valence-electron chi connectivity index (χ1n) is 6.61. The molecular formula is C16H15N3O. The van der Waals surface area contributed by atoms with Crippen molar-refractivity contribution in [1.82, 2.24) is 9.99 Å². The third-order valence-corrected chi connectivity index (χ3v) is 3.40. The van der Waals surface area contributed by atoms with Crippen molar-refractivity contribution in [3.63, 3.8) is 0 Å². The molecule has 0 saturated heterocycles. The molecular weight excluding hydrogens is 250 g/mol. The molecule has 100 valence electrons. The third kappa shape index (κ3) is 2.32. The van der Waals surface area contributed by atoms with Gasteiger partial charge in [0, 0.05) is 24.4 Å². The number of carbonyl (C=O) groups excluding carboxylic acids is 1. The number of hydrogen-bond acceptors (Lipinski definition) is 3. The van der Waals surface area contributed by atoms with E-state index >= 15 is 0 Å². The van der Waals surface area contributed by atoms with E-state index < -0.39 is 0 Å². The van der Waals surface area contributed by atoms with Crippen LogP contribution in [-0.4, -0.2) is 28.2 Å². The summed E-state index contributed by atoms with van der Waals surface area (Å²) >= 11 is 0. The second-order valence-electron chi connectivity index (χ2n) is 4.78. The van der Waals surface area contributed by atoms with Gasteiger partial charge in [-0.05, 0) is 24.6 Å². The minimum Gasteiger partial charge on any atom is -0.267 e. The Bertz CT molecular complexity index is 664. The maximum Gasteiger partial charge on any atom is 0.275 e. The Hall–Kier alpha value is -2.49. The first kappa shape index (κ1) is 12.5. The Labute approximate surface area is 117 Å². The van der Waals surface area contributed by atoms with Crippen LogP contribution in [0.5, 0.6) is 0 Å². The minimum atomic E-state index is -0.0957. The van der Waals surface area contributed by atoms with Crippen LogP contribution in [-0.2, 0) is 0 Å². The molecule has 2 aromatic rings. The van der Waals surface area contributed by atoms with E-state index in [9.17, 15) is 4.79 Å². The van der Waals surface area contributed by atoms with Gasteiger partial charge < -0.3 is 0 Å². The van der Waals surface area contributed by atoms with Crippen LogP contribution in [0.15, 0.2) is 53.9 Å². The lowest BCUT2D eigenvalue weighted by Gasteiger charge is -2.10. The van der Waals surface area contributed by atoms with Crippen molar-refractivity contribution in [2.24, 2.45) is 5.10 Å². The van der Waals surface area contributed by atoms with E-state index in [-0.39, 0.29) is 5.91 Å². The molecule has 0 bridgehead atoms. The fourth-order valence-corrected chi connectivity index (χ4v) is 2.33. The van der Waals surface area contributed by atoms with Gasteiger partial charge >= 0.3 is 0 Å². The van der Waals surface area contributed by atoms with Gasteiger partial charge in [-0.2, -0.15) is 5.10 Å². The standard InChI is InChI=1S/C16H15N3O/c1-12-5-2-3-7-14(12)15-8-10-19(18-15)16(20)13-6-4-9-17-11-13/h2-7,9,11H,8,10H2,1H3. The number of pyridine rings is 1. The fraction of sp³-hybridized carbons (Fsp3) is 0.188. The van der Waals surface area contributed by atoms with E-state index in [0.29, 0.717) is 12.1 Å². The largest absolute Gasteiger partial charge is 0.275 e. The van der Waals surface area contributed by atoms with Gasteiger partial charge in [0.1, 0.15) is 0 Å². The monoisotopic (exact) mass is 265 g/mol. The summed E-state index contributed by atoms with van der Waals surface area (Å²) in [6, 6.07) is 11.6. The molecule has 0 aliphatic carbocycles. The lowest BCUT2D eigenvalue weighted by Crippen LogP contribution is -2.23. The lowest BCUT2D eigenvalue weighted by molar-refractivity contribution is 0.0778. The Morgan fingerprint density at radius 1 is 1.20 bits per heavy atom. The normalized spacial score (nSPS) is 14.2. The van der Waals surface area contributed by atoms with Crippen LogP contribution < -0.4 is 0 Å². The van der Waals surface area contributed by atoms with Crippen LogP contribution in [0.2, 0.25) is 0 Å². The van der Waals surface area contributed by atoms with Gasteiger partial charge in [0.05, 0.1) is 17.8 Å². The van der Waals surface area contributed by atoms with E-state index in [2.05, 4.69) is 23.1 Å². The molecule has 4 nitrogen and oxygen atoms in total. The van der Waals surface area contributed by atoms with Crippen LogP contribution in [0, 0.1) is 6.92 Å². The highest BCUT2D eigenvalue weighted by molar-refractivity contribution is 6.05. The number of carbonyl (C=O) groups is 1. The van der Waals surface area contributed by atoms with Gasteiger partial charge in [-0.15, -0.1) is 0 Å². The van der Waals surface area contributed by atoms with Gasteiger partial charge in [0.25, 0.3) is 5.91 Å². The maximum absolute atomic E-state index is 12.3. The van der Waals surface area contributed by atoms with E-state index in [4.69, 9.17) is 0 Å². The average molecular weight is 265 g/mol. The molecule has 3 rings (SSSR count). The molecule has 1 amide bonds. The second-order valence-corrected chi connectivity index (χ2v) is 4.78. The van der Waals surface area contributed by atoms with Gasteiger partial charge in [0.15, 0.2) is 0 Å². The number of hydrazone groups is 1. The Morgan fingerprint density at radius 3 is 2.80 bits per heavy atom. The van der Waals surface area contributed by atoms with Gasteiger partial charge in [-0.1, -0.05) is 24.3 Å². The van der Waals surface area contributed by atoms with Crippen molar-refractivity contribution in [2.75, 3.05) is 6.54 Å². The van der Waals surface area contributed by atoms with Crippen molar-refractivity contribution in [2.45, 2.75) is 13.3 Å². The molecule has 0 fully saturated rings. The zero-order chi connectivity index (χ0) is 13.9. The number of aromatic nitrogens is 1. The molecule has 2 heterocycles. The number of rotatable bonds is 2. The highest BCUT2D eigenvalue weighted by Crippen LogP contribution is 2.18. The van der Waals surface area contributed by atoms with Crippen molar-refractivity contribution < 1.29 is 4.79 Å². The molecule has 1 aliphatic rings. The topological polar surface area (TPSA) is 45.6 Å². The van der Waals surface area contributed by atoms with Crippen molar-refractivity contribution in [1.29, 1.82) is 0 Å². The molecule has 1 aliphatic heterocycles. The van der Waals surface area contributed by atoms with Crippen LogP contribution in [0.1, 0.15) is 27.9 Å². The smallest absolute Gasteiger partial charge is 0.267 e. The highest BCUT2D eigenvalue weighted by Gasteiger charge is 2.23. The molecule has 1 aromatic carbocycles. The highest BCUT2D eigenvalue weighted by atomic mass is 16.2. The van der Waals surface area contributed by atoms with Crippen molar-refractivity contribution >= 4 is 11.6 Å². The Morgan fingerprint density at radius 2 is 2.05 bits per heavy atom. The SMILES string of the molecule is Cc1ccccc1C1=NN(C(=O)c2cccnc2)CC1. The molecule has 20 heavy (non-hydrogen) atoms. The first-order valence-corrected chi connectivity index (χ1v) is 6.61. The second kappa shape index (κ2) is 5.25. The van der Waals surface area contributed by atoms with Gasteiger partial charge in [-0.3, -0.25) is 9.78 Å². The molecule has 0 atom stereocenters. The quantitative estimate of drug-likeness (QED) is 0.838. The summed E-state index contributed by atoms with van der Waals surface area (Å²) in [5, 5.41) is 5.99. The van der Waals surface area contributed by atoms with Gasteiger partial charge in [0.2, 0.25) is 0 Å². The van der Waals surface area contributed by atoms with Gasteiger partial charge in [-0.25, -0.2) is 5.01 Å². The van der Waals surface area contributed by atoms with E-state index in [1.165, 1.54) is 10.6 Å². The van der Waals surface area contributed by atoms with Crippen LogP contribution in [0.4, 0.5) is 0 Å². The van der Waals surface area contributed by atoms with E-state index in [1.807, 2.05) is 18.2 Å². The molecule has 0 unspecified atom stereocenters. The van der Waals surface area contributed by atoms with E-state index in [1.54, 1.807) is 24.5 Å². The number of amides is 1. The summed E-state index contributed by atoms with van der Waals surface area (Å²) in [6.45, 7) is 2.68. The third-order valence-electron chi connectivity index (χ3n) is 3.40. The minimum absolute atomic E-state index is 0.0957. The summed E-state index contributed by atoms with van der Waals surface area (Å²) in [4.78, 5) is 16.3. The predicted molar refractivity (Wildman–Crippen MR) is 77.6 cm³/mol. The van der Waals surface area contributed by atoms with Crippen molar-refractivity contribution in [3.8, 4) is 0 Å². The Balaban J connectivity index is 1.85. The molecule has 4 heteroatoms. The van der Waals surface area contributed by atoms with E-state index in [0.717, 1.165) is 17.7 Å². The first-order chi connectivity index (χ1) is 9.75. The van der Waals surface area contributed by atoms with Crippen LogP contribution in [0.3, 0.4) is 0 Å². The lowest BCUT2D eigenvalue weighted by atomic mass is 10.0. The van der Waals surface area contributed by atoms with Crippen LogP contribution in [0.25, 0.3) is 0 Å². The van der Waals surface area contributed by atoms with Crippen LogP contribution >= 0.6 is 0 Å². The zero-order valence-corrected chi connectivity index (χ0v) is 11.3. The summed E-state index contributed by atoms with van der Waals surface area (Å²) in [5.74, 6) is -0.0957. The Kier molecular flexibility index (Phi) is 3.29. The summed E-state index contributed by atoms with van der Waals surface area (Å²) < 4.78 is 0. The summed E-state index contributed by atoms with van der Waals surface area (Å²) in [5.41, 5.74) is 3.85. The number of hydrogen-bond donors (Lipinski definition) is 0. The molecule has 0 saturated carbocycles. The van der Waals surface area contributed by atoms with Crippen molar-refractivity contribution in [3.05, 3.63) is 65.5 Å². The molecule has 0 N–H and O–H groups in total. The predicted octanol–water partition coefficient (Wildman–Crippen LogP) is 2.64. The number of benzene rings is 1. The fourth-order valence-electron chi connectivity index (χ4n) is 2.33. The maximum atomic E-state index is 12.3. The zero-order valence-electron chi connectivity index (χ0n) is 11.3. The molecule has 0 spiro atoms.